The standard InChI is InChI=1S/C21H21N5O2/c27-20(18-7-3-4-10-22-18)25-11-14-8-9-15(13-25)26(12-14)21(28)19-16-5-1-2-6-17(16)23-24-19/h1-7,10,14-15H,8-9,11-13H2,(H,23,24)/t14-,15+/m0/s1. The Bertz CT molecular complexity index is 1030. The minimum absolute atomic E-state index is 0.00868. The van der Waals surface area contributed by atoms with Gasteiger partial charge >= 0.3 is 0 Å². The van der Waals surface area contributed by atoms with Gasteiger partial charge in [-0.25, -0.2) is 0 Å². The number of pyridine rings is 1. The molecule has 7 heteroatoms. The molecule has 3 saturated heterocycles. The molecule has 28 heavy (non-hydrogen) atoms. The lowest BCUT2D eigenvalue weighted by Gasteiger charge is -2.35. The second kappa shape index (κ2) is 6.74. The monoisotopic (exact) mass is 375 g/mol. The number of nitrogens with one attached hydrogen (secondary N) is 1. The molecule has 142 valence electrons. The van der Waals surface area contributed by atoms with E-state index >= 15 is 0 Å². The SMILES string of the molecule is O=C(c1ccccn1)N1C[C@@H]2CC[C@H](C1)N(C(=O)c1n[nH]c3ccccc13)C2. The highest BCUT2D eigenvalue weighted by Crippen LogP contribution is 2.30. The number of rotatable bonds is 2. The van der Waals surface area contributed by atoms with Crippen LogP contribution in [0.1, 0.15) is 33.8 Å². The fourth-order valence-electron chi connectivity index (χ4n) is 4.41. The zero-order chi connectivity index (χ0) is 19.1. The van der Waals surface area contributed by atoms with Crippen molar-refractivity contribution >= 4 is 22.7 Å². The van der Waals surface area contributed by atoms with Crippen LogP contribution in [-0.2, 0) is 0 Å². The number of benzene rings is 1. The molecular formula is C21H21N5O2. The summed E-state index contributed by atoms with van der Waals surface area (Å²) >= 11 is 0. The first kappa shape index (κ1) is 16.9. The second-order valence-electron chi connectivity index (χ2n) is 7.60. The number of nitrogens with zero attached hydrogens (tertiary/aromatic N) is 4. The van der Waals surface area contributed by atoms with E-state index in [1.54, 1.807) is 18.3 Å². The van der Waals surface area contributed by atoms with Gasteiger partial charge in [0.05, 0.1) is 5.52 Å². The van der Waals surface area contributed by atoms with E-state index in [1.807, 2.05) is 40.1 Å². The molecule has 2 amide bonds. The van der Waals surface area contributed by atoms with Crippen LogP contribution in [0.5, 0.6) is 0 Å². The quantitative estimate of drug-likeness (QED) is 0.745. The number of carbonyl (C=O) groups excluding carboxylic acids is 2. The maximum atomic E-state index is 13.3. The van der Waals surface area contributed by atoms with Crippen LogP contribution in [0, 0.1) is 5.92 Å². The van der Waals surface area contributed by atoms with Crippen LogP contribution >= 0.6 is 0 Å². The topological polar surface area (TPSA) is 82.2 Å². The number of hydrogen-bond donors (Lipinski definition) is 1. The molecule has 1 N–H and O–H groups in total. The number of para-hydroxylation sites is 1. The van der Waals surface area contributed by atoms with Gasteiger partial charge in [0.15, 0.2) is 5.69 Å². The van der Waals surface area contributed by atoms with Crippen molar-refractivity contribution in [3.8, 4) is 0 Å². The van der Waals surface area contributed by atoms with Gasteiger partial charge in [0.1, 0.15) is 5.69 Å². The van der Waals surface area contributed by atoms with Crippen molar-refractivity contribution in [2.24, 2.45) is 5.92 Å². The molecule has 5 heterocycles. The highest BCUT2D eigenvalue weighted by molar-refractivity contribution is 6.04. The number of H-pyrrole nitrogens is 1. The molecule has 2 bridgehead atoms. The van der Waals surface area contributed by atoms with Gasteiger partial charge < -0.3 is 9.80 Å². The van der Waals surface area contributed by atoms with Gasteiger partial charge in [-0.3, -0.25) is 19.7 Å². The summed E-state index contributed by atoms with van der Waals surface area (Å²) in [5, 5.41) is 8.07. The molecule has 3 aliphatic rings. The van der Waals surface area contributed by atoms with E-state index in [-0.39, 0.29) is 23.8 Å². The summed E-state index contributed by atoms with van der Waals surface area (Å²) in [6, 6.07) is 13.0. The largest absolute Gasteiger partial charge is 0.335 e. The van der Waals surface area contributed by atoms with Crippen molar-refractivity contribution in [1.82, 2.24) is 25.0 Å². The van der Waals surface area contributed by atoms with E-state index in [0.717, 1.165) is 23.7 Å². The third-order valence-corrected chi connectivity index (χ3v) is 5.82. The summed E-state index contributed by atoms with van der Waals surface area (Å²) in [6.07, 6.45) is 3.57. The van der Waals surface area contributed by atoms with Gasteiger partial charge in [-0.1, -0.05) is 24.3 Å². The Morgan fingerprint density at radius 1 is 0.964 bits per heavy atom. The summed E-state index contributed by atoms with van der Waals surface area (Å²) in [6.45, 7) is 1.87. The van der Waals surface area contributed by atoms with E-state index in [0.29, 0.717) is 31.0 Å². The fraction of sp³-hybridized carbons (Fsp3) is 0.333. The predicted octanol–water partition coefficient (Wildman–Crippen LogP) is 2.33. The van der Waals surface area contributed by atoms with E-state index in [4.69, 9.17) is 0 Å². The lowest BCUT2D eigenvalue weighted by atomic mass is 9.94. The third-order valence-electron chi connectivity index (χ3n) is 5.82. The molecule has 3 fully saturated rings. The molecular weight excluding hydrogens is 354 g/mol. The lowest BCUT2D eigenvalue weighted by molar-refractivity contribution is 0.0570. The van der Waals surface area contributed by atoms with Gasteiger partial charge in [-0.2, -0.15) is 5.10 Å². The predicted molar refractivity (Wildman–Crippen MR) is 104 cm³/mol. The highest BCUT2D eigenvalue weighted by atomic mass is 16.2. The van der Waals surface area contributed by atoms with Crippen LogP contribution in [0.2, 0.25) is 0 Å². The van der Waals surface area contributed by atoms with Crippen LogP contribution in [0.4, 0.5) is 0 Å². The molecule has 0 radical (unpaired) electrons. The van der Waals surface area contributed by atoms with Crippen molar-refractivity contribution in [3.63, 3.8) is 0 Å². The molecule has 3 aromatic rings. The minimum Gasteiger partial charge on any atom is -0.335 e. The fourth-order valence-corrected chi connectivity index (χ4v) is 4.41. The lowest BCUT2D eigenvalue weighted by Crippen LogP contribution is -2.47. The van der Waals surface area contributed by atoms with Crippen LogP contribution in [0.15, 0.2) is 48.7 Å². The Kier molecular flexibility index (Phi) is 4.07. The maximum absolute atomic E-state index is 13.3. The molecule has 0 saturated carbocycles. The van der Waals surface area contributed by atoms with Gasteiger partial charge in [0, 0.05) is 37.3 Å². The van der Waals surface area contributed by atoms with E-state index in [1.165, 1.54) is 0 Å². The first-order valence-corrected chi connectivity index (χ1v) is 9.65. The van der Waals surface area contributed by atoms with Crippen LogP contribution in [0.25, 0.3) is 10.9 Å². The second-order valence-corrected chi connectivity index (χ2v) is 7.60. The van der Waals surface area contributed by atoms with Crippen molar-refractivity contribution in [3.05, 3.63) is 60.0 Å². The summed E-state index contributed by atoms with van der Waals surface area (Å²) in [7, 11) is 0. The molecule has 6 rings (SSSR count). The Labute approximate surface area is 162 Å². The van der Waals surface area contributed by atoms with Gasteiger partial charge in [-0.15, -0.1) is 0 Å². The van der Waals surface area contributed by atoms with Crippen LogP contribution in [0.3, 0.4) is 0 Å². The van der Waals surface area contributed by atoms with Crippen molar-refractivity contribution in [2.75, 3.05) is 19.6 Å². The maximum Gasteiger partial charge on any atom is 0.275 e. The Hall–Kier alpha value is -3.22. The van der Waals surface area contributed by atoms with Crippen LogP contribution < -0.4 is 0 Å². The molecule has 7 nitrogen and oxygen atoms in total. The van der Waals surface area contributed by atoms with Crippen molar-refractivity contribution < 1.29 is 9.59 Å². The molecule has 1 aromatic carbocycles. The summed E-state index contributed by atoms with van der Waals surface area (Å²) < 4.78 is 0. The first-order chi connectivity index (χ1) is 13.7. The van der Waals surface area contributed by atoms with E-state index < -0.39 is 0 Å². The number of hydrogen-bond acceptors (Lipinski definition) is 4. The number of aromatic amines is 1. The highest BCUT2D eigenvalue weighted by Gasteiger charge is 2.40. The molecule has 0 spiro atoms. The zero-order valence-corrected chi connectivity index (χ0v) is 15.4. The number of piperidine rings is 1. The first-order valence-electron chi connectivity index (χ1n) is 9.65. The molecule has 0 aliphatic carbocycles. The summed E-state index contributed by atoms with van der Waals surface area (Å²) in [4.78, 5) is 34.2. The van der Waals surface area contributed by atoms with Crippen LogP contribution in [-0.4, -0.2) is 62.5 Å². The average molecular weight is 375 g/mol. The minimum atomic E-state index is -0.0583. The number of fused-ring (bicyclic) bond motifs is 5. The van der Waals surface area contributed by atoms with Gasteiger partial charge in [0.25, 0.3) is 11.8 Å². The van der Waals surface area contributed by atoms with E-state index in [2.05, 4.69) is 15.2 Å². The summed E-state index contributed by atoms with van der Waals surface area (Å²) in [5.74, 6) is 0.164. The van der Waals surface area contributed by atoms with Gasteiger partial charge in [0.2, 0.25) is 0 Å². The summed E-state index contributed by atoms with van der Waals surface area (Å²) in [5.41, 5.74) is 1.78. The third kappa shape index (κ3) is 2.83. The number of amides is 2. The molecule has 3 aliphatic heterocycles. The van der Waals surface area contributed by atoms with Crippen molar-refractivity contribution in [1.29, 1.82) is 0 Å². The number of aromatic nitrogens is 3. The average Bonchev–Trinajstić information content (AvgIpc) is 2.95. The smallest absolute Gasteiger partial charge is 0.275 e. The zero-order valence-electron chi connectivity index (χ0n) is 15.4. The molecule has 0 unspecified atom stereocenters. The molecule has 2 aromatic heterocycles. The Morgan fingerprint density at radius 2 is 1.82 bits per heavy atom. The number of carbonyl (C=O) groups is 2. The normalized spacial score (nSPS) is 21.7. The Balaban J connectivity index is 1.41. The Morgan fingerprint density at radius 3 is 2.68 bits per heavy atom. The van der Waals surface area contributed by atoms with Crippen molar-refractivity contribution in [2.45, 2.75) is 18.9 Å². The van der Waals surface area contributed by atoms with E-state index in [9.17, 15) is 9.59 Å². The van der Waals surface area contributed by atoms with Gasteiger partial charge in [-0.05, 0) is 37.0 Å². The molecule has 2 atom stereocenters.